The van der Waals surface area contributed by atoms with Crippen LogP contribution in [-0.2, 0) is 9.59 Å². The molecule has 1 saturated heterocycles. The number of benzene rings is 1. The van der Waals surface area contributed by atoms with Crippen molar-refractivity contribution in [3.05, 3.63) is 34.9 Å². The molecule has 19 heavy (non-hydrogen) atoms. The minimum atomic E-state index is -0.635. The van der Waals surface area contributed by atoms with Crippen LogP contribution in [0.4, 0.5) is 0 Å². The predicted octanol–water partition coefficient (Wildman–Crippen LogP) is 0.838. The fourth-order valence-corrected chi connectivity index (χ4v) is 2.23. The molecule has 1 aromatic rings. The molecule has 1 atom stereocenters. The van der Waals surface area contributed by atoms with Crippen molar-refractivity contribution in [1.82, 2.24) is 10.6 Å². The molecule has 1 unspecified atom stereocenters. The molecule has 2 rings (SSSR count). The molecule has 1 aliphatic rings. The molecule has 5 nitrogen and oxygen atoms in total. The van der Waals surface area contributed by atoms with Crippen molar-refractivity contribution in [1.29, 1.82) is 0 Å². The number of piperidine rings is 1. The summed E-state index contributed by atoms with van der Waals surface area (Å²) in [7, 11) is 0. The van der Waals surface area contributed by atoms with E-state index in [0.29, 0.717) is 12.0 Å². The van der Waals surface area contributed by atoms with E-state index in [9.17, 15) is 14.4 Å². The van der Waals surface area contributed by atoms with Crippen LogP contribution >= 0.6 is 0 Å². The van der Waals surface area contributed by atoms with Gasteiger partial charge >= 0.3 is 0 Å². The van der Waals surface area contributed by atoms with E-state index >= 15 is 0 Å². The van der Waals surface area contributed by atoms with Crippen LogP contribution in [0.2, 0.25) is 0 Å². The van der Waals surface area contributed by atoms with Gasteiger partial charge in [0, 0.05) is 12.0 Å². The smallest absolute Gasteiger partial charge is 0.252 e. The summed E-state index contributed by atoms with van der Waals surface area (Å²) in [6, 6.07) is 4.95. The average molecular weight is 260 g/mol. The molecular formula is C14H16N2O3. The summed E-state index contributed by atoms with van der Waals surface area (Å²) in [6.07, 6.45) is 0.602. The molecule has 5 heteroatoms. The molecule has 1 aromatic carbocycles. The largest absolute Gasteiger partial charge is 0.340 e. The molecule has 0 aromatic heterocycles. The lowest BCUT2D eigenvalue weighted by atomic mass is 10.0. The first-order valence-electron chi connectivity index (χ1n) is 6.20. The van der Waals surface area contributed by atoms with Gasteiger partial charge in [0.15, 0.2) is 0 Å². The number of amides is 3. The maximum Gasteiger partial charge on any atom is 0.252 e. The lowest BCUT2D eigenvalue weighted by molar-refractivity contribution is -0.134. The minimum Gasteiger partial charge on any atom is -0.340 e. The van der Waals surface area contributed by atoms with E-state index in [1.165, 1.54) is 0 Å². The maximum absolute atomic E-state index is 12.2. The SMILES string of the molecule is Cc1cccc(C)c1C(=O)NC1CCC(=O)NC1=O. The van der Waals surface area contributed by atoms with Gasteiger partial charge in [-0.25, -0.2) is 0 Å². The Bertz CT molecular complexity index is 531. The highest BCUT2D eigenvalue weighted by Crippen LogP contribution is 2.14. The number of hydrogen-bond acceptors (Lipinski definition) is 3. The van der Waals surface area contributed by atoms with Gasteiger partial charge in [0.2, 0.25) is 11.8 Å². The summed E-state index contributed by atoms with van der Waals surface area (Å²) in [5, 5.41) is 4.91. The molecule has 1 heterocycles. The molecule has 100 valence electrons. The Kier molecular flexibility index (Phi) is 3.64. The van der Waals surface area contributed by atoms with Crippen LogP contribution in [-0.4, -0.2) is 23.8 Å². The average Bonchev–Trinajstić information content (AvgIpc) is 2.32. The third kappa shape index (κ3) is 2.81. The molecule has 1 fully saturated rings. The van der Waals surface area contributed by atoms with Crippen LogP contribution in [0, 0.1) is 13.8 Å². The second kappa shape index (κ2) is 5.22. The van der Waals surface area contributed by atoms with Crippen molar-refractivity contribution >= 4 is 17.7 Å². The first-order valence-corrected chi connectivity index (χ1v) is 6.20. The van der Waals surface area contributed by atoms with Gasteiger partial charge in [0.05, 0.1) is 0 Å². The van der Waals surface area contributed by atoms with Crippen molar-refractivity contribution in [2.24, 2.45) is 0 Å². The highest BCUT2D eigenvalue weighted by molar-refractivity contribution is 6.04. The predicted molar refractivity (Wildman–Crippen MR) is 69.6 cm³/mol. The summed E-state index contributed by atoms with van der Waals surface area (Å²) < 4.78 is 0. The summed E-state index contributed by atoms with van der Waals surface area (Å²) in [5.41, 5.74) is 2.32. The molecule has 0 aliphatic carbocycles. The van der Waals surface area contributed by atoms with Gasteiger partial charge in [-0.1, -0.05) is 18.2 Å². The molecule has 0 saturated carbocycles. The number of aryl methyl sites for hydroxylation is 2. The number of nitrogens with one attached hydrogen (secondary N) is 2. The van der Waals surface area contributed by atoms with Crippen LogP contribution in [0.5, 0.6) is 0 Å². The number of rotatable bonds is 2. The van der Waals surface area contributed by atoms with Crippen LogP contribution in [0.15, 0.2) is 18.2 Å². The Labute approximate surface area is 111 Å². The van der Waals surface area contributed by atoms with E-state index in [-0.39, 0.29) is 18.2 Å². The van der Waals surface area contributed by atoms with Gasteiger partial charge in [0.1, 0.15) is 6.04 Å². The zero-order valence-electron chi connectivity index (χ0n) is 10.9. The highest BCUT2D eigenvalue weighted by atomic mass is 16.2. The number of hydrogen-bond donors (Lipinski definition) is 2. The second-order valence-electron chi connectivity index (χ2n) is 4.74. The van der Waals surface area contributed by atoms with Crippen LogP contribution in [0.25, 0.3) is 0 Å². The quantitative estimate of drug-likeness (QED) is 0.774. The van der Waals surface area contributed by atoms with E-state index in [1.807, 2.05) is 32.0 Å². The van der Waals surface area contributed by atoms with E-state index < -0.39 is 11.9 Å². The fourth-order valence-electron chi connectivity index (χ4n) is 2.23. The Hall–Kier alpha value is -2.17. The standard InChI is InChI=1S/C14H16N2O3/c1-8-4-3-5-9(2)12(8)14(19)15-10-6-7-11(17)16-13(10)18/h3-5,10H,6-7H2,1-2H3,(H,15,19)(H,16,17,18). The first-order chi connectivity index (χ1) is 8.99. The number of carbonyl (C=O) groups is 3. The highest BCUT2D eigenvalue weighted by Gasteiger charge is 2.28. The zero-order valence-corrected chi connectivity index (χ0v) is 10.9. The topological polar surface area (TPSA) is 75.3 Å². The van der Waals surface area contributed by atoms with Gasteiger partial charge in [-0.2, -0.15) is 0 Å². The van der Waals surface area contributed by atoms with Gasteiger partial charge in [-0.15, -0.1) is 0 Å². The Morgan fingerprint density at radius 1 is 1.26 bits per heavy atom. The second-order valence-corrected chi connectivity index (χ2v) is 4.74. The Balaban J connectivity index is 2.13. The minimum absolute atomic E-state index is 0.253. The van der Waals surface area contributed by atoms with Gasteiger partial charge < -0.3 is 5.32 Å². The third-order valence-corrected chi connectivity index (χ3v) is 3.25. The molecule has 1 aliphatic heterocycles. The van der Waals surface area contributed by atoms with Gasteiger partial charge in [-0.3, -0.25) is 19.7 Å². The Morgan fingerprint density at radius 2 is 1.89 bits per heavy atom. The van der Waals surface area contributed by atoms with Crippen LogP contribution < -0.4 is 10.6 Å². The van der Waals surface area contributed by atoms with Crippen LogP contribution in [0.1, 0.15) is 34.3 Å². The molecule has 3 amide bonds. The number of carbonyl (C=O) groups excluding carboxylic acids is 3. The van der Waals surface area contributed by atoms with Crippen molar-refractivity contribution in [3.8, 4) is 0 Å². The molecule has 0 radical (unpaired) electrons. The van der Waals surface area contributed by atoms with Crippen molar-refractivity contribution in [2.75, 3.05) is 0 Å². The summed E-state index contributed by atoms with van der Waals surface area (Å²) in [6.45, 7) is 3.71. The van der Waals surface area contributed by atoms with E-state index in [4.69, 9.17) is 0 Å². The maximum atomic E-state index is 12.2. The summed E-state index contributed by atoms with van der Waals surface area (Å²) in [4.78, 5) is 34.8. The van der Waals surface area contributed by atoms with Crippen molar-refractivity contribution in [2.45, 2.75) is 32.7 Å². The first kappa shape index (κ1) is 13.3. The molecular weight excluding hydrogens is 244 g/mol. The fraction of sp³-hybridized carbons (Fsp3) is 0.357. The van der Waals surface area contributed by atoms with Crippen molar-refractivity contribution < 1.29 is 14.4 Å². The van der Waals surface area contributed by atoms with E-state index in [1.54, 1.807) is 0 Å². The van der Waals surface area contributed by atoms with E-state index in [2.05, 4.69) is 10.6 Å². The number of imide groups is 1. The van der Waals surface area contributed by atoms with Gasteiger partial charge in [-0.05, 0) is 31.4 Å². The molecule has 0 spiro atoms. The van der Waals surface area contributed by atoms with E-state index in [0.717, 1.165) is 11.1 Å². The normalized spacial score (nSPS) is 18.9. The third-order valence-electron chi connectivity index (χ3n) is 3.25. The molecule has 0 bridgehead atoms. The van der Waals surface area contributed by atoms with Gasteiger partial charge in [0.25, 0.3) is 5.91 Å². The molecule has 2 N–H and O–H groups in total. The summed E-state index contributed by atoms with van der Waals surface area (Å²) in [5.74, 6) is -0.997. The lowest BCUT2D eigenvalue weighted by Gasteiger charge is -2.22. The monoisotopic (exact) mass is 260 g/mol. The Morgan fingerprint density at radius 3 is 2.47 bits per heavy atom. The summed E-state index contributed by atoms with van der Waals surface area (Å²) >= 11 is 0. The lowest BCUT2D eigenvalue weighted by Crippen LogP contribution is -2.52. The van der Waals surface area contributed by atoms with Crippen molar-refractivity contribution in [3.63, 3.8) is 0 Å². The van der Waals surface area contributed by atoms with Crippen LogP contribution in [0.3, 0.4) is 0 Å². The zero-order chi connectivity index (χ0) is 14.0.